The highest BCUT2D eigenvalue weighted by molar-refractivity contribution is 7.89. The topological polar surface area (TPSA) is 138 Å². The fourth-order valence-corrected chi connectivity index (χ4v) is 3.54. The summed E-state index contributed by atoms with van der Waals surface area (Å²) in [6.45, 7) is 0.0443. The molecule has 0 bridgehead atoms. The number of carboxylic acids is 1. The van der Waals surface area contributed by atoms with Crippen molar-refractivity contribution < 1.29 is 28.2 Å². The van der Waals surface area contributed by atoms with Gasteiger partial charge in [-0.15, -0.1) is 0 Å². The lowest BCUT2D eigenvalue weighted by molar-refractivity contribution is -0.150. The second kappa shape index (κ2) is 6.20. The van der Waals surface area contributed by atoms with Crippen LogP contribution in [0.3, 0.4) is 0 Å². The lowest BCUT2D eigenvalue weighted by Gasteiger charge is -2.21. The quantitative estimate of drug-likeness (QED) is 0.696. The minimum atomic E-state index is -3.82. The first kappa shape index (κ1) is 18.1. The van der Waals surface area contributed by atoms with E-state index in [9.17, 15) is 23.1 Å². The number of carbonyl (C=O) groups is 2. The zero-order valence-electron chi connectivity index (χ0n) is 13.5. The molecule has 4 N–H and O–H groups in total. The van der Waals surface area contributed by atoms with Gasteiger partial charge in [0.25, 0.3) is 5.91 Å². The van der Waals surface area contributed by atoms with Gasteiger partial charge < -0.3 is 15.1 Å². The predicted molar refractivity (Wildman–Crippen MR) is 91.6 cm³/mol. The molecular weight excluding hydrogens is 360 g/mol. The van der Waals surface area contributed by atoms with E-state index in [0.717, 1.165) is 0 Å². The van der Waals surface area contributed by atoms with E-state index in [1.807, 2.05) is 0 Å². The first-order valence-electron chi connectivity index (χ1n) is 7.60. The third-order valence-electron chi connectivity index (χ3n) is 4.24. The van der Waals surface area contributed by atoms with E-state index in [1.54, 1.807) is 18.2 Å². The van der Waals surface area contributed by atoms with Crippen LogP contribution in [0, 0.1) is 0 Å². The van der Waals surface area contributed by atoms with Crippen molar-refractivity contribution in [3.8, 4) is 0 Å². The molecule has 136 valence electrons. The number of hydrogen-bond acceptors (Lipinski definition) is 5. The number of aliphatic hydroxyl groups is 1. The van der Waals surface area contributed by atoms with Crippen molar-refractivity contribution in [2.45, 2.75) is 23.5 Å². The smallest absolute Gasteiger partial charge is 0.307 e. The Morgan fingerprint density at radius 1 is 1.12 bits per heavy atom. The molecule has 1 atom stereocenters. The van der Waals surface area contributed by atoms with Crippen molar-refractivity contribution in [2.75, 3.05) is 4.90 Å². The van der Waals surface area contributed by atoms with Gasteiger partial charge in [0, 0.05) is 5.56 Å². The first-order chi connectivity index (χ1) is 12.1. The van der Waals surface area contributed by atoms with Gasteiger partial charge in [0.2, 0.25) is 10.0 Å². The molecule has 0 saturated carbocycles. The maximum Gasteiger partial charge on any atom is 0.307 e. The molecule has 0 saturated heterocycles. The Morgan fingerprint density at radius 3 is 2.31 bits per heavy atom. The van der Waals surface area contributed by atoms with Crippen molar-refractivity contribution in [1.82, 2.24) is 0 Å². The highest BCUT2D eigenvalue weighted by Crippen LogP contribution is 2.42. The number of primary sulfonamides is 1. The molecule has 0 fully saturated rings. The van der Waals surface area contributed by atoms with E-state index in [1.165, 1.54) is 35.2 Å². The molecule has 2 aromatic rings. The molecule has 0 radical (unpaired) electrons. The van der Waals surface area contributed by atoms with Gasteiger partial charge in [-0.05, 0) is 23.8 Å². The van der Waals surface area contributed by atoms with Crippen LogP contribution in [-0.4, -0.2) is 30.5 Å². The number of amides is 1. The lowest BCUT2D eigenvalue weighted by Crippen LogP contribution is -2.41. The highest BCUT2D eigenvalue weighted by atomic mass is 32.2. The molecule has 1 aliphatic rings. The number of nitrogens with two attached hydrogens (primary N) is 1. The van der Waals surface area contributed by atoms with Crippen LogP contribution >= 0.6 is 0 Å². The summed E-state index contributed by atoms with van der Waals surface area (Å²) >= 11 is 0. The van der Waals surface area contributed by atoms with Crippen molar-refractivity contribution in [1.29, 1.82) is 0 Å². The molecule has 2 aromatic carbocycles. The Labute approximate surface area is 149 Å². The monoisotopic (exact) mass is 376 g/mol. The summed E-state index contributed by atoms with van der Waals surface area (Å²) < 4.78 is 22.6. The normalized spacial score (nSPS) is 19.5. The van der Waals surface area contributed by atoms with Crippen LogP contribution < -0.4 is 10.0 Å². The number of hydrogen-bond donors (Lipinski definition) is 3. The number of carbonyl (C=O) groups excluding carboxylic acids is 1. The first-order valence-corrected chi connectivity index (χ1v) is 9.15. The van der Waals surface area contributed by atoms with Crippen LogP contribution in [-0.2, 0) is 31.8 Å². The van der Waals surface area contributed by atoms with Gasteiger partial charge in [-0.1, -0.05) is 30.3 Å². The van der Waals surface area contributed by atoms with Gasteiger partial charge in [-0.25, -0.2) is 13.6 Å². The Kier molecular flexibility index (Phi) is 4.31. The standard InChI is InChI=1S/C17H16N2O6S/c18-26(24,25)12-7-5-11(6-8-12)10-19-14-4-2-1-3-13(14)17(23,16(19)22)9-15(20)21/h1-8,23H,9-10H2,(H,20,21)(H2,18,24,25). The SMILES string of the molecule is NS(=O)(=O)c1ccc(CN2C(=O)C(O)(CC(=O)O)c3ccccc32)cc1. The molecule has 1 heterocycles. The van der Waals surface area contributed by atoms with Gasteiger partial charge in [0.05, 0.1) is 23.5 Å². The summed E-state index contributed by atoms with van der Waals surface area (Å²) in [5, 5.41) is 24.8. The molecule has 0 aliphatic carbocycles. The maximum atomic E-state index is 12.7. The maximum absolute atomic E-state index is 12.7. The Bertz CT molecular complexity index is 987. The summed E-state index contributed by atoms with van der Waals surface area (Å²) in [6.07, 6.45) is -0.746. The number of fused-ring (bicyclic) bond motifs is 1. The summed E-state index contributed by atoms with van der Waals surface area (Å²) in [4.78, 5) is 25.1. The summed E-state index contributed by atoms with van der Waals surface area (Å²) in [7, 11) is -3.82. The molecule has 1 amide bonds. The zero-order valence-corrected chi connectivity index (χ0v) is 14.3. The van der Waals surface area contributed by atoms with Crippen molar-refractivity contribution in [3.63, 3.8) is 0 Å². The average molecular weight is 376 g/mol. The fraction of sp³-hybridized carbons (Fsp3) is 0.176. The van der Waals surface area contributed by atoms with E-state index in [-0.39, 0.29) is 17.0 Å². The number of rotatable bonds is 5. The van der Waals surface area contributed by atoms with Crippen LogP contribution in [0.25, 0.3) is 0 Å². The molecule has 1 unspecified atom stereocenters. The van der Waals surface area contributed by atoms with Gasteiger partial charge in [0.1, 0.15) is 0 Å². The molecular formula is C17H16N2O6S. The van der Waals surface area contributed by atoms with Crippen LogP contribution in [0.5, 0.6) is 0 Å². The number of nitrogens with zero attached hydrogens (tertiary/aromatic N) is 1. The highest BCUT2D eigenvalue weighted by Gasteiger charge is 2.50. The van der Waals surface area contributed by atoms with Crippen molar-refractivity contribution in [2.24, 2.45) is 5.14 Å². The molecule has 9 heteroatoms. The van der Waals surface area contributed by atoms with Crippen LogP contribution in [0.2, 0.25) is 0 Å². The number of anilines is 1. The fourth-order valence-electron chi connectivity index (χ4n) is 3.02. The van der Waals surface area contributed by atoms with E-state index in [4.69, 9.17) is 10.2 Å². The van der Waals surface area contributed by atoms with Gasteiger partial charge in [-0.3, -0.25) is 9.59 Å². The number of carboxylic acid groups (broad SMARTS) is 1. The van der Waals surface area contributed by atoms with E-state index in [2.05, 4.69) is 0 Å². The van der Waals surface area contributed by atoms with E-state index in [0.29, 0.717) is 11.3 Å². The zero-order chi connectivity index (χ0) is 19.1. The molecule has 0 spiro atoms. The molecule has 8 nitrogen and oxygen atoms in total. The van der Waals surface area contributed by atoms with Gasteiger partial charge >= 0.3 is 5.97 Å². The summed E-state index contributed by atoms with van der Waals surface area (Å²) in [5.41, 5.74) is -0.895. The largest absolute Gasteiger partial charge is 0.481 e. The number of para-hydroxylation sites is 1. The Hall–Kier alpha value is -2.75. The Balaban J connectivity index is 1.96. The van der Waals surface area contributed by atoms with Crippen LogP contribution in [0.15, 0.2) is 53.4 Å². The number of sulfonamides is 1. The molecule has 1 aliphatic heterocycles. The van der Waals surface area contributed by atoms with E-state index < -0.39 is 33.9 Å². The lowest BCUT2D eigenvalue weighted by atomic mass is 9.92. The van der Waals surface area contributed by atoms with Gasteiger partial charge in [0.15, 0.2) is 5.60 Å². The van der Waals surface area contributed by atoms with Crippen LogP contribution in [0.4, 0.5) is 5.69 Å². The average Bonchev–Trinajstić information content (AvgIpc) is 2.76. The minimum Gasteiger partial charge on any atom is -0.481 e. The molecule has 3 rings (SSSR count). The van der Waals surface area contributed by atoms with Crippen molar-refractivity contribution in [3.05, 3.63) is 59.7 Å². The summed E-state index contributed by atoms with van der Waals surface area (Å²) in [6, 6.07) is 12.1. The molecule has 26 heavy (non-hydrogen) atoms. The van der Waals surface area contributed by atoms with E-state index >= 15 is 0 Å². The second-order valence-corrected chi connectivity index (χ2v) is 7.59. The third-order valence-corrected chi connectivity index (χ3v) is 5.17. The number of aliphatic carboxylic acids is 1. The minimum absolute atomic E-state index is 0.0443. The number of benzene rings is 2. The second-order valence-electron chi connectivity index (χ2n) is 6.03. The predicted octanol–water partition coefficient (Wildman–Crippen LogP) is 0.543. The third kappa shape index (κ3) is 3.07. The van der Waals surface area contributed by atoms with Crippen LogP contribution in [0.1, 0.15) is 17.5 Å². The van der Waals surface area contributed by atoms with Gasteiger partial charge in [-0.2, -0.15) is 0 Å². The Morgan fingerprint density at radius 2 is 1.73 bits per heavy atom. The van der Waals surface area contributed by atoms with Crippen molar-refractivity contribution >= 4 is 27.6 Å². The summed E-state index contributed by atoms with van der Waals surface area (Å²) in [5.74, 6) is -2.04. The molecule has 0 aromatic heterocycles.